The van der Waals surface area contributed by atoms with Crippen LogP contribution in [-0.2, 0) is 6.54 Å². The molecule has 1 fully saturated rings. The summed E-state index contributed by atoms with van der Waals surface area (Å²) in [7, 11) is 0. The fourth-order valence-electron chi connectivity index (χ4n) is 5.08. The SMILES string of the molecule is Cc1c([C@@H]2[C@@H](c3ccccn3)NC(=S)N2Cc2ccccc2)c(C)n(-c2ccccc2)c1C. The van der Waals surface area contributed by atoms with Crippen LogP contribution in [0.2, 0.25) is 0 Å². The first-order valence-corrected chi connectivity index (χ1v) is 11.7. The molecular formula is C28H28N4S. The maximum absolute atomic E-state index is 5.89. The second-order valence-corrected chi connectivity index (χ2v) is 9.01. The van der Waals surface area contributed by atoms with E-state index in [1.807, 2.05) is 18.3 Å². The van der Waals surface area contributed by atoms with Gasteiger partial charge in [0.25, 0.3) is 0 Å². The molecule has 1 saturated heterocycles. The van der Waals surface area contributed by atoms with Crippen molar-refractivity contribution in [3.8, 4) is 5.69 Å². The van der Waals surface area contributed by atoms with E-state index in [0.717, 1.165) is 17.4 Å². The Morgan fingerprint density at radius 3 is 2.18 bits per heavy atom. The first-order chi connectivity index (χ1) is 16.1. The average molecular weight is 453 g/mol. The third-order valence-electron chi connectivity index (χ3n) is 6.71. The molecule has 166 valence electrons. The van der Waals surface area contributed by atoms with Crippen molar-refractivity contribution in [2.75, 3.05) is 0 Å². The zero-order valence-corrected chi connectivity index (χ0v) is 20.0. The largest absolute Gasteiger partial charge is 0.352 e. The molecule has 0 radical (unpaired) electrons. The third-order valence-corrected chi connectivity index (χ3v) is 7.06. The lowest BCUT2D eigenvalue weighted by Gasteiger charge is -2.29. The maximum atomic E-state index is 5.89. The van der Waals surface area contributed by atoms with Gasteiger partial charge in [-0.25, -0.2) is 0 Å². The number of benzene rings is 2. The quantitative estimate of drug-likeness (QED) is 0.378. The molecule has 0 bridgehead atoms. The summed E-state index contributed by atoms with van der Waals surface area (Å²) >= 11 is 5.89. The molecule has 1 aliphatic heterocycles. The van der Waals surface area contributed by atoms with Crippen molar-refractivity contribution in [1.82, 2.24) is 19.8 Å². The summed E-state index contributed by atoms with van der Waals surface area (Å²) in [6, 6.07) is 27.2. The van der Waals surface area contributed by atoms with Gasteiger partial charge in [0.1, 0.15) is 0 Å². The highest BCUT2D eigenvalue weighted by molar-refractivity contribution is 7.80. The van der Waals surface area contributed by atoms with Gasteiger partial charge in [0.2, 0.25) is 0 Å². The zero-order chi connectivity index (χ0) is 22.9. The van der Waals surface area contributed by atoms with Gasteiger partial charge in [0.15, 0.2) is 5.11 Å². The van der Waals surface area contributed by atoms with Crippen LogP contribution in [0.5, 0.6) is 0 Å². The molecule has 5 heteroatoms. The minimum atomic E-state index is -0.0224. The molecular weight excluding hydrogens is 424 g/mol. The molecule has 5 rings (SSSR count). The van der Waals surface area contributed by atoms with Crippen LogP contribution in [0.15, 0.2) is 85.1 Å². The van der Waals surface area contributed by atoms with E-state index >= 15 is 0 Å². The zero-order valence-electron chi connectivity index (χ0n) is 19.2. The van der Waals surface area contributed by atoms with Gasteiger partial charge in [-0.2, -0.15) is 0 Å². The maximum Gasteiger partial charge on any atom is 0.170 e. The van der Waals surface area contributed by atoms with Gasteiger partial charge in [-0.05, 0) is 68.4 Å². The molecule has 2 aromatic heterocycles. The number of rotatable bonds is 5. The van der Waals surface area contributed by atoms with Crippen LogP contribution < -0.4 is 5.32 Å². The van der Waals surface area contributed by atoms with Gasteiger partial charge in [-0.1, -0.05) is 54.6 Å². The molecule has 1 aliphatic rings. The van der Waals surface area contributed by atoms with Crippen LogP contribution >= 0.6 is 12.2 Å². The molecule has 0 saturated carbocycles. The van der Waals surface area contributed by atoms with Crippen molar-refractivity contribution in [3.05, 3.63) is 119 Å². The van der Waals surface area contributed by atoms with Crippen LogP contribution in [0.1, 0.15) is 45.9 Å². The molecule has 3 heterocycles. The Bertz CT molecular complexity index is 1270. The lowest BCUT2D eigenvalue weighted by Crippen LogP contribution is -2.29. The van der Waals surface area contributed by atoms with Gasteiger partial charge in [-0.3, -0.25) is 4.98 Å². The smallest absolute Gasteiger partial charge is 0.170 e. The van der Waals surface area contributed by atoms with E-state index < -0.39 is 0 Å². The number of para-hydroxylation sites is 1. The molecule has 4 aromatic rings. The number of pyridine rings is 1. The normalized spacial score (nSPS) is 17.9. The number of nitrogens with one attached hydrogen (secondary N) is 1. The summed E-state index contributed by atoms with van der Waals surface area (Å²) in [5.74, 6) is 0. The summed E-state index contributed by atoms with van der Waals surface area (Å²) in [5.41, 5.74) is 8.53. The molecule has 0 amide bonds. The van der Waals surface area contributed by atoms with Crippen molar-refractivity contribution >= 4 is 17.3 Å². The Kier molecular flexibility index (Phi) is 5.73. The van der Waals surface area contributed by atoms with Gasteiger partial charge in [-0.15, -0.1) is 0 Å². The summed E-state index contributed by atoms with van der Waals surface area (Å²) in [6.07, 6.45) is 1.86. The van der Waals surface area contributed by atoms with Crippen molar-refractivity contribution in [2.24, 2.45) is 0 Å². The Morgan fingerprint density at radius 1 is 0.848 bits per heavy atom. The van der Waals surface area contributed by atoms with Crippen LogP contribution in [0.25, 0.3) is 5.69 Å². The van der Waals surface area contributed by atoms with E-state index in [1.165, 1.54) is 33.8 Å². The van der Waals surface area contributed by atoms with Gasteiger partial charge in [0, 0.05) is 35.4 Å². The van der Waals surface area contributed by atoms with E-state index in [0.29, 0.717) is 0 Å². The molecule has 33 heavy (non-hydrogen) atoms. The lowest BCUT2D eigenvalue weighted by atomic mass is 9.93. The van der Waals surface area contributed by atoms with Gasteiger partial charge < -0.3 is 14.8 Å². The Morgan fingerprint density at radius 2 is 1.52 bits per heavy atom. The highest BCUT2D eigenvalue weighted by Gasteiger charge is 2.42. The highest BCUT2D eigenvalue weighted by Crippen LogP contribution is 2.44. The molecule has 4 nitrogen and oxygen atoms in total. The Hall–Kier alpha value is -3.44. The van der Waals surface area contributed by atoms with Crippen LogP contribution in [0.3, 0.4) is 0 Å². The second-order valence-electron chi connectivity index (χ2n) is 8.62. The second kappa shape index (κ2) is 8.83. The van der Waals surface area contributed by atoms with Crippen LogP contribution in [0, 0.1) is 20.8 Å². The summed E-state index contributed by atoms with van der Waals surface area (Å²) in [5, 5.41) is 4.36. The van der Waals surface area contributed by atoms with Crippen LogP contribution in [-0.4, -0.2) is 19.6 Å². The van der Waals surface area contributed by atoms with E-state index in [4.69, 9.17) is 17.2 Å². The fraction of sp³-hybridized carbons (Fsp3) is 0.214. The van der Waals surface area contributed by atoms with Crippen molar-refractivity contribution in [1.29, 1.82) is 0 Å². The predicted molar refractivity (Wildman–Crippen MR) is 137 cm³/mol. The summed E-state index contributed by atoms with van der Waals surface area (Å²) in [4.78, 5) is 7.03. The first kappa shape index (κ1) is 21.4. The van der Waals surface area contributed by atoms with Gasteiger partial charge >= 0.3 is 0 Å². The lowest BCUT2D eigenvalue weighted by molar-refractivity contribution is 0.309. The third kappa shape index (κ3) is 3.83. The van der Waals surface area contributed by atoms with E-state index in [1.54, 1.807) is 0 Å². The molecule has 0 spiro atoms. The first-order valence-electron chi connectivity index (χ1n) is 11.3. The summed E-state index contributed by atoms with van der Waals surface area (Å²) < 4.78 is 2.36. The topological polar surface area (TPSA) is 33.1 Å². The number of hydrogen-bond acceptors (Lipinski definition) is 2. The highest BCUT2D eigenvalue weighted by atomic mass is 32.1. The van der Waals surface area contributed by atoms with Crippen LogP contribution in [0.4, 0.5) is 0 Å². The fourth-order valence-corrected chi connectivity index (χ4v) is 5.38. The molecule has 2 aromatic carbocycles. The summed E-state index contributed by atoms with van der Waals surface area (Å²) in [6.45, 7) is 7.40. The minimum absolute atomic E-state index is 0.0224. The number of aromatic nitrogens is 2. The molecule has 0 unspecified atom stereocenters. The average Bonchev–Trinajstić information content (AvgIpc) is 3.27. The molecule has 2 atom stereocenters. The minimum Gasteiger partial charge on any atom is -0.352 e. The number of hydrogen-bond donors (Lipinski definition) is 1. The van der Waals surface area contributed by atoms with Gasteiger partial charge in [0.05, 0.1) is 17.8 Å². The van der Waals surface area contributed by atoms with Crippen molar-refractivity contribution in [2.45, 2.75) is 39.4 Å². The molecule has 1 N–H and O–H groups in total. The van der Waals surface area contributed by atoms with E-state index in [-0.39, 0.29) is 12.1 Å². The monoisotopic (exact) mass is 452 g/mol. The van der Waals surface area contributed by atoms with Crippen molar-refractivity contribution in [3.63, 3.8) is 0 Å². The molecule has 0 aliphatic carbocycles. The number of thiocarbonyl (C=S) groups is 1. The number of nitrogens with zero attached hydrogens (tertiary/aromatic N) is 3. The van der Waals surface area contributed by atoms with Crippen molar-refractivity contribution < 1.29 is 0 Å². The predicted octanol–water partition coefficient (Wildman–Crippen LogP) is 5.97. The van der Waals surface area contributed by atoms with E-state index in [9.17, 15) is 0 Å². The van der Waals surface area contributed by atoms with E-state index in [2.05, 4.69) is 102 Å². The Balaban J connectivity index is 1.67. The Labute approximate surface area is 200 Å². The standard InChI is InChI=1S/C28H28N4S/c1-19-20(2)32(23-14-8-5-9-15-23)21(3)25(19)27-26(24-16-10-11-17-29-24)30-28(33)31(27)18-22-12-6-4-7-13-22/h4-17,26-27H,18H2,1-3H3,(H,30,33)/t26-,27-/m1/s1.